The van der Waals surface area contributed by atoms with Crippen molar-refractivity contribution >= 4 is 42.9 Å². The molecule has 0 atom stereocenters. The van der Waals surface area contributed by atoms with Gasteiger partial charge in [0.1, 0.15) is 0 Å². The van der Waals surface area contributed by atoms with Crippen molar-refractivity contribution in [2.75, 3.05) is 0 Å². The maximum absolute atomic E-state index is 3.46. The second kappa shape index (κ2) is 9.28. The number of halogens is 2. The molecule has 0 aromatic heterocycles. The number of hydrogen-bond donors (Lipinski definition) is 0. The van der Waals surface area contributed by atoms with Gasteiger partial charge in [0.25, 0.3) is 0 Å². The zero-order chi connectivity index (χ0) is 20.0. The van der Waals surface area contributed by atoms with E-state index in [-0.39, 0.29) is 24.8 Å². The van der Waals surface area contributed by atoms with Crippen LogP contribution in [0.15, 0.2) is 90.6 Å². The molecular weight excluding hydrogens is 590 g/mol. The van der Waals surface area contributed by atoms with Crippen LogP contribution >= 0.6 is 24.8 Å². The van der Waals surface area contributed by atoms with Gasteiger partial charge in [-0.05, 0) is 0 Å². The Hall–Kier alpha value is -0.933. The summed E-state index contributed by atoms with van der Waals surface area (Å²) in [5.74, 6) is 0. The summed E-state index contributed by atoms with van der Waals surface area (Å²) in [5, 5.41) is 0. The molecule has 0 amide bonds. The molecule has 158 valence electrons. The van der Waals surface area contributed by atoms with Crippen LogP contribution in [0.1, 0.15) is 37.8 Å². The SMILES string of the molecule is CC1=CC(c2ccccc2)=[C]([Hf]([CH3])([CH3])(=[SiH2])[C]2=C(c3ccccc3)C=C(C)C2)C1.Cl.Cl. The Morgan fingerprint density at radius 2 is 0.967 bits per heavy atom. The predicted molar refractivity (Wildman–Crippen MR) is 138 cm³/mol. The van der Waals surface area contributed by atoms with Gasteiger partial charge < -0.3 is 0 Å². The molecule has 0 bridgehead atoms. The average molecular weight is 622 g/mol. The summed E-state index contributed by atoms with van der Waals surface area (Å²) >= 11 is -3.46. The molecule has 0 saturated heterocycles. The number of allylic oxidation sites excluding steroid dienone is 8. The fraction of sp³-hybridized carbons (Fsp3) is 0.231. The van der Waals surface area contributed by atoms with Gasteiger partial charge in [-0.1, -0.05) is 0 Å². The van der Waals surface area contributed by atoms with Crippen molar-refractivity contribution in [1.82, 2.24) is 0 Å². The first kappa shape index (κ1) is 25.3. The first-order chi connectivity index (χ1) is 13.2. The van der Waals surface area contributed by atoms with E-state index in [1.165, 1.54) is 33.4 Å². The molecule has 2 aliphatic carbocycles. The van der Waals surface area contributed by atoms with E-state index in [9.17, 15) is 0 Å². The minimum absolute atomic E-state index is 0. The molecule has 2 aromatic rings. The molecule has 0 spiro atoms. The molecule has 2 aliphatic rings. The van der Waals surface area contributed by atoms with Crippen molar-refractivity contribution in [3.8, 4) is 0 Å². The third kappa shape index (κ3) is 4.62. The van der Waals surface area contributed by atoms with Gasteiger partial charge in [0.2, 0.25) is 0 Å². The summed E-state index contributed by atoms with van der Waals surface area (Å²) in [4.78, 5) is 0. The number of rotatable bonds is 4. The zero-order valence-corrected chi connectivity index (χ0v) is 25.0. The van der Waals surface area contributed by atoms with Crippen LogP contribution in [-0.4, -0.2) is 6.94 Å². The van der Waals surface area contributed by atoms with Crippen molar-refractivity contribution in [1.29, 1.82) is 0 Å². The molecule has 0 aliphatic heterocycles. The largest absolute Gasteiger partial charge is 0.147 e. The molecule has 4 heteroatoms. The maximum Gasteiger partial charge on any atom is -0.147 e. The van der Waals surface area contributed by atoms with E-state index in [1.54, 1.807) is 6.66 Å². The monoisotopic (exact) mass is 622 g/mol. The van der Waals surface area contributed by atoms with Gasteiger partial charge in [0.15, 0.2) is 0 Å². The van der Waals surface area contributed by atoms with Crippen LogP contribution in [0.4, 0.5) is 0 Å². The number of benzene rings is 2. The molecule has 0 fully saturated rings. The first-order valence-corrected chi connectivity index (χ1v) is 29.4. The van der Waals surface area contributed by atoms with Crippen LogP contribution in [0.3, 0.4) is 0 Å². The van der Waals surface area contributed by atoms with Crippen molar-refractivity contribution in [3.63, 3.8) is 0 Å². The van der Waals surface area contributed by atoms with Crippen molar-refractivity contribution in [2.24, 2.45) is 0 Å². The van der Waals surface area contributed by atoms with E-state index in [4.69, 9.17) is 0 Å². The fourth-order valence-corrected chi connectivity index (χ4v) is 25.2. The van der Waals surface area contributed by atoms with Gasteiger partial charge in [-0.15, -0.1) is 24.8 Å². The standard InChI is InChI=1S/2C12H11.2CH3.2ClH.Hf.H2Si/c2*1-10-7-8-12(9-10)11-5-3-2-4-6-11;;;;;;/h2*2-6,9H,7H2,1H3;2*1H3;2*1H;;1H2. The maximum atomic E-state index is 2.67. The van der Waals surface area contributed by atoms with Gasteiger partial charge in [-0.2, -0.15) is 0 Å². The molecule has 0 N–H and O–H groups in total. The van der Waals surface area contributed by atoms with Gasteiger partial charge >= 0.3 is 173 Å². The molecule has 0 unspecified atom stereocenters. The summed E-state index contributed by atoms with van der Waals surface area (Å²) in [7, 11) is 0. The van der Waals surface area contributed by atoms with Gasteiger partial charge in [-0.3, -0.25) is 0 Å². The van der Waals surface area contributed by atoms with Crippen LogP contribution in [0.25, 0.3) is 11.1 Å². The van der Waals surface area contributed by atoms with Crippen molar-refractivity contribution in [3.05, 3.63) is 102 Å². The average Bonchev–Trinajstić information content (AvgIpc) is 3.27. The summed E-state index contributed by atoms with van der Waals surface area (Å²) in [5.41, 5.74) is 8.82. The second-order valence-corrected chi connectivity index (χ2v) is 50.5. The molecule has 0 nitrogen and oxygen atoms in total. The fourth-order valence-electron chi connectivity index (χ4n) is 4.88. The van der Waals surface area contributed by atoms with E-state index >= 15 is 0 Å². The first-order valence-electron chi connectivity index (χ1n) is 10.2. The van der Waals surface area contributed by atoms with Crippen molar-refractivity contribution < 1.29 is 17.1 Å². The zero-order valence-electron chi connectivity index (χ0n) is 18.4. The molecule has 30 heavy (non-hydrogen) atoms. The van der Waals surface area contributed by atoms with Crippen LogP contribution in [0.2, 0.25) is 9.36 Å². The topological polar surface area (TPSA) is 0 Å². The normalized spacial score (nSPS) is 16.7. The second-order valence-electron chi connectivity index (χ2n) is 9.54. The predicted octanol–water partition coefficient (Wildman–Crippen LogP) is 7.69. The third-order valence-corrected chi connectivity index (χ3v) is 30.5. The summed E-state index contributed by atoms with van der Waals surface area (Å²) in [6.07, 6.45) is 7.22. The van der Waals surface area contributed by atoms with Crippen LogP contribution in [0.5, 0.6) is 0 Å². The third-order valence-electron chi connectivity index (χ3n) is 6.45. The quantitative estimate of drug-likeness (QED) is 0.307. The van der Waals surface area contributed by atoms with E-state index in [1.807, 2.05) is 0 Å². The Morgan fingerprint density at radius 1 is 0.633 bits per heavy atom. The molecule has 4 rings (SSSR count). The molecule has 0 radical (unpaired) electrons. The molecule has 0 heterocycles. The molecular formula is C26H32Cl2HfSi. The van der Waals surface area contributed by atoms with E-state index in [0.29, 0.717) is 0 Å². The summed E-state index contributed by atoms with van der Waals surface area (Å²) in [6.45, 7) is 6.99. The minimum atomic E-state index is -3.46. The summed E-state index contributed by atoms with van der Waals surface area (Å²) in [6, 6.07) is 22.1. The summed E-state index contributed by atoms with van der Waals surface area (Å²) < 4.78 is 8.88. The smallest absolute Gasteiger partial charge is 0.147 e. The Labute approximate surface area is 196 Å². The van der Waals surface area contributed by atoms with E-state index in [0.717, 1.165) is 12.8 Å². The Bertz CT molecular complexity index is 1040. The van der Waals surface area contributed by atoms with Gasteiger partial charge in [0, 0.05) is 0 Å². The minimum Gasteiger partial charge on any atom is -0.147 e. The Morgan fingerprint density at radius 3 is 1.30 bits per heavy atom. The molecule has 2 aromatic carbocycles. The van der Waals surface area contributed by atoms with Crippen LogP contribution < -0.4 is 0 Å². The van der Waals surface area contributed by atoms with Crippen LogP contribution in [-0.2, 0) is 17.1 Å². The van der Waals surface area contributed by atoms with Crippen LogP contribution in [0, 0.1) is 0 Å². The van der Waals surface area contributed by atoms with E-state index in [2.05, 4.69) is 103 Å². The van der Waals surface area contributed by atoms with E-state index < -0.39 is 17.1 Å². The van der Waals surface area contributed by atoms with Gasteiger partial charge in [-0.25, -0.2) is 0 Å². The Balaban J connectivity index is 0.00000160. The number of hydrogen-bond acceptors (Lipinski definition) is 0. The van der Waals surface area contributed by atoms with Gasteiger partial charge in [0.05, 0.1) is 0 Å². The Kier molecular flexibility index (Phi) is 7.84. The van der Waals surface area contributed by atoms with Crippen molar-refractivity contribution in [2.45, 2.75) is 36.0 Å². The molecule has 0 saturated carbocycles.